The van der Waals surface area contributed by atoms with Crippen molar-refractivity contribution in [2.75, 3.05) is 18.0 Å². The number of anilines is 1. The molecule has 2 aliphatic heterocycles. The third-order valence-corrected chi connectivity index (χ3v) is 5.68. The van der Waals surface area contributed by atoms with Crippen LogP contribution in [0.25, 0.3) is 0 Å². The summed E-state index contributed by atoms with van der Waals surface area (Å²) < 4.78 is 0. The zero-order valence-corrected chi connectivity index (χ0v) is 14.8. The van der Waals surface area contributed by atoms with Crippen LogP contribution >= 0.6 is 0 Å². The fraction of sp³-hybridized carbons (Fsp3) is 0.632. The van der Waals surface area contributed by atoms with Crippen LogP contribution in [0.5, 0.6) is 0 Å². The molecule has 0 aliphatic carbocycles. The Hall–Kier alpha value is -1.39. The van der Waals surface area contributed by atoms with E-state index in [1.54, 1.807) is 0 Å². The van der Waals surface area contributed by atoms with Gasteiger partial charge in [0.05, 0.1) is 0 Å². The molecule has 1 fully saturated rings. The minimum absolute atomic E-state index is 0.0267. The van der Waals surface area contributed by atoms with E-state index in [2.05, 4.69) is 32.6 Å². The van der Waals surface area contributed by atoms with Gasteiger partial charge in [0.25, 0.3) is 0 Å². The van der Waals surface area contributed by atoms with Crippen LogP contribution in [0.4, 0.5) is 5.69 Å². The summed E-state index contributed by atoms with van der Waals surface area (Å²) in [7, 11) is 0. The second-order valence-corrected chi connectivity index (χ2v) is 8.16. The molecule has 2 heterocycles. The van der Waals surface area contributed by atoms with E-state index >= 15 is 0 Å². The smallest absolute Gasteiger partial charge is 0.248 e. The summed E-state index contributed by atoms with van der Waals surface area (Å²) in [6.07, 6.45) is 3.69. The van der Waals surface area contributed by atoms with Crippen molar-refractivity contribution >= 4 is 11.6 Å². The number of nitrogens with two attached hydrogens (primary N) is 1. The summed E-state index contributed by atoms with van der Waals surface area (Å²) in [6.45, 7) is 10.9. The van der Waals surface area contributed by atoms with Gasteiger partial charge in [-0.2, -0.15) is 0 Å². The Morgan fingerprint density at radius 3 is 2.35 bits per heavy atom. The van der Waals surface area contributed by atoms with E-state index in [4.69, 9.17) is 5.73 Å². The molecule has 2 aliphatic rings. The fourth-order valence-corrected chi connectivity index (χ4v) is 4.49. The summed E-state index contributed by atoms with van der Waals surface area (Å²) in [5.41, 5.74) is 8.37. The number of nitrogens with zero attached hydrogens (tertiary/aromatic N) is 2. The second kappa shape index (κ2) is 5.60. The number of hydrogen-bond donors (Lipinski definition) is 1. The molecule has 1 aromatic carbocycles. The van der Waals surface area contributed by atoms with E-state index in [9.17, 15) is 4.79 Å². The van der Waals surface area contributed by atoms with Gasteiger partial charge in [-0.15, -0.1) is 0 Å². The molecule has 126 valence electrons. The number of amides is 1. The molecule has 1 unspecified atom stereocenters. The Kier molecular flexibility index (Phi) is 4.01. The molecule has 1 aromatic rings. The second-order valence-electron chi connectivity index (χ2n) is 8.16. The predicted octanol–water partition coefficient (Wildman–Crippen LogP) is 3.08. The van der Waals surface area contributed by atoms with Crippen LogP contribution in [0, 0.1) is 0 Å². The number of carbonyl (C=O) groups excluding carboxylic acids is 1. The average Bonchev–Trinajstić information content (AvgIpc) is 2.71. The molecule has 4 heteroatoms. The molecule has 4 nitrogen and oxygen atoms in total. The molecule has 0 spiro atoms. The van der Waals surface area contributed by atoms with Crippen molar-refractivity contribution in [3.8, 4) is 0 Å². The van der Waals surface area contributed by atoms with Crippen molar-refractivity contribution in [3.05, 3.63) is 29.8 Å². The summed E-state index contributed by atoms with van der Waals surface area (Å²) in [5.74, 6) is 0.0267. The Morgan fingerprint density at radius 1 is 1.09 bits per heavy atom. The number of fused-ring (bicyclic) bond motifs is 1. The zero-order chi connectivity index (χ0) is 16.8. The minimum Gasteiger partial charge on any atom is -0.316 e. The van der Waals surface area contributed by atoms with Gasteiger partial charge in [-0.1, -0.05) is 18.2 Å². The standard InChI is InChI=1S/C19H29N3O/c1-18(2)10-7-11-19(3,4)22(18)13-12-21-15-9-6-5-8-14(15)16(20)17(21)23/h5-6,8-9,16H,7,10-13,20H2,1-4H3. The maximum Gasteiger partial charge on any atom is 0.248 e. The number of hydrogen-bond acceptors (Lipinski definition) is 3. The lowest BCUT2D eigenvalue weighted by atomic mass is 9.80. The van der Waals surface area contributed by atoms with Crippen LogP contribution in [0.15, 0.2) is 24.3 Å². The molecular formula is C19H29N3O. The van der Waals surface area contributed by atoms with Gasteiger partial charge in [-0.25, -0.2) is 0 Å². The van der Waals surface area contributed by atoms with Crippen LogP contribution in [-0.2, 0) is 4.79 Å². The van der Waals surface area contributed by atoms with Gasteiger partial charge in [0.2, 0.25) is 5.91 Å². The maximum absolute atomic E-state index is 12.5. The van der Waals surface area contributed by atoms with Crippen molar-refractivity contribution in [1.82, 2.24) is 4.90 Å². The molecule has 1 saturated heterocycles. The van der Waals surface area contributed by atoms with Crippen LogP contribution in [0.3, 0.4) is 0 Å². The summed E-state index contributed by atoms with van der Waals surface area (Å²) in [5, 5.41) is 0. The number of carbonyl (C=O) groups is 1. The van der Waals surface area contributed by atoms with E-state index < -0.39 is 6.04 Å². The number of benzene rings is 1. The first-order chi connectivity index (χ1) is 10.7. The highest BCUT2D eigenvalue weighted by atomic mass is 16.2. The monoisotopic (exact) mass is 315 g/mol. The fourth-order valence-electron chi connectivity index (χ4n) is 4.49. The van der Waals surface area contributed by atoms with E-state index in [0.29, 0.717) is 6.54 Å². The molecule has 0 radical (unpaired) electrons. The zero-order valence-electron chi connectivity index (χ0n) is 14.8. The summed E-state index contributed by atoms with van der Waals surface area (Å²) in [4.78, 5) is 17.0. The maximum atomic E-state index is 12.5. The Bertz CT molecular complexity index is 592. The van der Waals surface area contributed by atoms with Crippen LogP contribution < -0.4 is 10.6 Å². The normalized spacial score (nSPS) is 26.4. The number of para-hydroxylation sites is 1. The Labute approximate surface area is 139 Å². The molecule has 0 aromatic heterocycles. The van der Waals surface area contributed by atoms with Crippen molar-refractivity contribution in [3.63, 3.8) is 0 Å². The van der Waals surface area contributed by atoms with Crippen molar-refractivity contribution in [2.24, 2.45) is 5.73 Å². The average molecular weight is 315 g/mol. The summed E-state index contributed by atoms with van der Waals surface area (Å²) >= 11 is 0. The largest absolute Gasteiger partial charge is 0.316 e. The third-order valence-electron chi connectivity index (χ3n) is 5.68. The SMILES string of the molecule is CC1(C)CCCC(C)(C)N1CCN1C(=O)C(N)c2ccccc21. The molecule has 0 saturated carbocycles. The highest BCUT2D eigenvalue weighted by Gasteiger charge is 2.42. The van der Waals surface area contributed by atoms with Crippen molar-refractivity contribution < 1.29 is 4.79 Å². The first-order valence-corrected chi connectivity index (χ1v) is 8.68. The van der Waals surface area contributed by atoms with Crippen LogP contribution in [0.2, 0.25) is 0 Å². The minimum atomic E-state index is -0.506. The van der Waals surface area contributed by atoms with E-state index in [1.807, 2.05) is 29.2 Å². The van der Waals surface area contributed by atoms with Gasteiger partial charge in [-0.3, -0.25) is 9.69 Å². The lowest BCUT2D eigenvalue weighted by molar-refractivity contribution is -0.119. The molecule has 23 heavy (non-hydrogen) atoms. The number of piperidine rings is 1. The van der Waals surface area contributed by atoms with Crippen molar-refractivity contribution in [2.45, 2.75) is 64.1 Å². The van der Waals surface area contributed by atoms with Gasteiger partial charge in [0.15, 0.2) is 0 Å². The van der Waals surface area contributed by atoms with Gasteiger partial charge in [-0.05, 0) is 53.0 Å². The van der Waals surface area contributed by atoms with E-state index in [1.165, 1.54) is 19.3 Å². The predicted molar refractivity (Wildman–Crippen MR) is 94.4 cm³/mol. The van der Waals surface area contributed by atoms with Gasteiger partial charge in [0.1, 0.15) is 6.04 Å². The van der Waals surface area contributed by atoms with Crippen LogP contribution in [0.1, 0.15) is 58.6 Å². The topological polar surface area (TPSA) is 49.6 Å². The van der Waals surface area contributed by atoms with Gasteiger partial charge >= 0.3 is 0 Å². The van der Waals surface area contributed by atoms with Crippen molar-refractivity contribution in [1.29, 1.82) is 0 Å². The highest BCUT2D eigenvalue weighted by Crippen LogP contribution is 2.39. The summed E-state index contributed by atoms with van der Waals surface area (Å²) in [6, 6.07) is 7.39. The Morgan fingerprint density at radius 2 is 1.70 bits per heavy atom. The molecule has 3 rings (SSSR count). The molecule has 0 bridgehead atoms. The quantitative estimate of drug-likeness (QED) is 0.932. The van der Waals surface area contributed by atoms with Gasteiger partial charge < -0.3 is 10.6 Å². The first kappa shape index (κ1) is 16.5. The number of likely N-dealkylation sites (tertiary alicyclic amines) is 1. The van der Waals surface area contributed by atoms with Crippen LogP contribution in [-0.4, -0.2) is 35.0 Å². The number of rotatable bonds is 3. The first-order valence-electron chi connectivity index (χ1n) is 8.68. The highest BCUT2D eigenvalue weighted by molar-refractivity contribution is 6.04. The molecule has 1 atom stereocenters. The lowest BCUT2D eigenvalue weighted by Gasteiger charge is -2.53. The van der Waals surface area contributed by atoms with E-state index in [0.717, 1.165) is 17.8 Å². The Balaban J connectivity index is 1.79. The third kappa shape index (κ3) is 2.79. The molecular weight excluding hydrogens is 286 g/mol. The van der Waals surface area contributed by atoms with E-state index in [-0.39, 0.29) is 17.0 Å². The molecule has 2 N–H and O–H groups in total. The lowest BCUT2D eigenvalue weighted by Crippen LogP contribution is -2.60. The molecule has 1 amide bonds. The van der Waals surface area contributed by atoms with Gasteiger partial charge in [0, 0.05) is 35.4 Å².